The maximum absolute atomic E-state index is 12.8. The first-order valence-corrected chi connectivity index (χ1v) is 13.4. The van der Waals surface area contributed by atoms with E-state index >= 15 is 0 Å². The van der Waals surface area contributed by atoms with Crippen LogP contribution in [0.1, 0.15) is 18.3 Å². The first kappa shape index (κ1) is 26.0. The number of hydrogen-bond acceptors (Lipinski definition) is 7. The average molecular weight is 537 g/mol. The predicted molar refractivity (Wildman–Crippen MR) is 157 cm³/mol. The predicted octanol–water partition coefficient (Wildman–Crippen LogP) is 5.67. The van der Waals surface area contributed by atoms with Gasteiger partial charge in [0.2, 0.25) is 0 Å². The number of rotatable bonds is 10. The second-order valence-electron chi connectivity index (χ2n) is 8.69. The molecule has 5 aromatic rings. The summed E-state index contributed by atoms with van der Waals surface area (Å²) >= 11 is 1.32. The van der Waals surface area contributed by atoms with Crippen molar-refractivity contribution in [3.63, 3.8) is 0 Å². The van der Waals surface area contributed by atoms with Crippen LogP contribution in [-0.4, -0.2) is 39.2 Å². The minimum atomic E-state index is -0.467. The van der Waals surface area contributed by atoms with E-state index in [0.29, 0.717) is 17.5 Å². The van der Waals surface area contributed by atoms with E-state index in [1.165, 1.54) is 11.8 Å². The molecule has 1 atom stereocenters. The standard InChI is InChI=1S/C30H28N6O2S/c1-21(29(37)34-32-19-23-12-7-9-18-27(23)38-2)39-30-35-33-28(36(30)24-14-4-3-5-15-24)20-31-26-17-10-13-22-11-6-8-16-25(22)26/h3-19,21,31H,20H2,1-2H3,(H,34,37)/b32-19-/t21-/m0/s1. The van der Waals surface area contributed by atoms with E-state index < -0.39 is 5.25 Å². The number of hydrazone groups is 1. The van der Waals surface area contributed by atoms with Gasteiger partial charge < -0.3 is 10.1 Å². The summed E-state index contributed by atoms with van der Waals surface area (Å²) in [6, 6.07) is 31.8. The number of fused-ring (bicyclic) bond motifs is 1. The monoisotopic (exact) mass is 536 g/mol. The van der Waals surface area contributed by atoms with Crippen LogP contribution in [0.4, 0.5) is 5.69 Å². The number of anilines is 1. The fourth-order valence-electron chi connectivity index (χ4n) is 4.12. The van der Waals surface area contributed by atoms with E-state index in [2.05, 4.69) is 50.3 Å². The van der Waals surface area contributed by atoms with E-state index in [1.54, 1.807) is 13.3 Å². The molecular weight excluding hydrogens is 508 g/mol. The molecule has 0 radical (unpaired) electrons. The lowest BCUT2D eigenvalue weighted by Gasteiger charge is -2.14. The van der Waals surface area contributed by atoms with Crippen molar-refractivity contribution in [2.75, 3.05) is 12.4 Å². The SMILES string of the molecule is COc1ccccc1/C=N\NC(=O)[C@H](C)Sc1nnc(CNc2cccc3ccccc23)n1-c1ccccc1. The molecule has 0 spiro atoms. The van der Waals surface area contributed by atoms with Crippen molar-refractivity contribution in [3.8, 4) is 11.4 Å². The van der Waals surface area contributed by atoms with Crippen LogP contribution in [0.2, 0.25) is 0 Å². The van der Waals surface area contributed by atoms with Crippen molar-refractivity contribution >= 4 is 40.3 Å². The van der Waals surface area contributed by atoms with Crippen LogP contribution in [-0.2, 0) is 11.3 Å². The molecule has 0 aliphatic carbocycles. The Labute approximate surface area is 231 Å². The van der Waals surface area contributed by atoms with Crippen LogP contribution in [0.3, 0.4) is 0 Å². The molecule has 1 amide bonds. The van der Waals surface area contributed by atoms with Crippen LogP contribution >= 0.6 is 11.8 Å². The smallest absolute Gasteiger partial charge is 0.253 e. The molecule has 196 valence electrons. The Kier molecular flexibility index (Phi) is 8.18. The highest BCUT2D eigenvalue weighted by Crippen LogP contribution is 2.28. The third-order valence-electron chi connectivity index (χ3n) is 6.11. The second-order valence-corrected chi connectivity index (χ2v) is 9.99. The fourth-order valence-corrected chi connectivity index (χ4v) is 5.00. The molecule has 1 aromatic heterocycles. The number of nitrogens with one attached hydrogen (secondary N) is 2. The third-order valence-corrected chi connectivity index (χ3v) is 7.15. The van der Waals surface area contributed by atoms with Crippen LogP contribution in [0, 0.1) is 0 Å². The highest BCUT2D eigenvalue weighted by Gasteiger charge is 2.21. The van der Waals surface area contributed by atoms with Crippen LogP contribution in [0.15, 0.2) is 107 Å². The summed E-state index contributed by atoms with van der Waals surface area (Å²) < 4.78 is 7.30. The lowest BCUT2D eigenvalue weighted by Crippen LogP contribution is -2.27. The largest absolute Gasteiger partial charge is 0.496 e. The van der Waals surface area contributed by atoms with Gasteiger partial charge >= 0.3 is 0 Å². The van der Waals surface area contributed by atoms with Crippen molar-refractivity contribution in [2.24, 2.45) is 5.10 Å². The highest BCUT2D eigenvalue weighted by atomic mass is 32.2. The first-order valence-electron chi connectivity index (χ1n) is 12.5. The summed E-state index contributed by atoms with van der Waals surface area (Å²) in [6.07, 6.45) is 1.57. The highest BCUT2D eigenvalue weighted by molar-refractivity contribution is 8.00. The summed E-state index contributed by atoms with van der Waals surface area (Å²) in [5.74, 6) is 1.17. The number of hydrogen-bond donors (Lipinski definition) is 2. The third kappa shape index (κ3) is 6.10. The molecule has 0 saturated heterocycles. The Morgan fingerprint density at radius 3 is 2.56 bits per heavy atom. The van der Waals surface area contributed by atoms with Crippen molar-refractivity contribution in [1.82, 2.24) is 20.2 Å². The summed E-state index contributed by atoms with van der Waals surface area (Å²) in [4.78, 5) is 12.8. The van der Waals surface area contributed by atoms with Crippen molar-refractivity contribution in [3.05, 3.63) is 108 Å². The minimum absolute atomic E-state index is 0.246. The van der Waals surface area contributed by atoms with Gasteiger partial charge in [0.25, 0.3) is 5.91 Å². The van der Waals surface area contributed by atoms with Crippen molar-refractivity contribution < 1.29 is 9.53 Å². The number of para-hydroxylation sites is 2. The number of carbonyl (C=O) groups is 1. The molecule has 0 fully saturated rings. The normalized spacial score (nSPS) is 11.9. The Morgan fingerprint density at radius 2 is 1.72 bits per heavy atom. The number of amides is 1. The Balaban J connectivity index is 1.32. The number of aromatic nitrogens is 3. The first-order chi connectivity index (χ1) is 19.1. The van der Waals surface area contributed by atoms with E-state index in [0.717, 1.165) is 33.5 Å². The zero-order chi connectivity index (χ0) is 27.0. The molecule has 39 heavy (non-hydrogen) atoms. The van der Waals surface area contributed by atoms with Gasteiger partial charge in [0.05, 0.1) is 25.1 Å². The summed E-state index contributed by atoms with van der Waals surface area (Å²) in [7, 11) is 1.60. The Hall–Kier alpha value is -4.63. The number of thioether (sulfide) groups is 1. The summed E-state index contributed by atoms with van der Waals surface area (Å²) in [5, 5.41) is 19.0. The van der Waals surface area contributed by atoms with Gasteiger partial charge in [-0.25, -0.2) is 5.43 Å². The van der Waals surface area contributed by atoms with Crippen LogP contribution in [0.25, 0.3) is 16.5 Å². The Morgan fingerprint density at radius 1 is 0.974 bits per heavy atom. The van der Waals surface area contributed by atoms with Gasteiger partial charge in [0, 0.05) is 22.3 Å². The number of benzene rings is 4. The topological polar surface area (TPSA) is 93.4 Å². The number of ether oxygens (including phenoxy) is 1. The van der Waals surface area contributed by atoms with E-state index in [4.69, 9.17) is 4.74 Å². The molecule has 2 N–H and O–H groups in total. The molecule has 5 rings (SSSR count). The summed E-state index contributed by atoms with van der Waals surface area (Å²) in [6.45, 7) is 2.27. The van der Waals surface area contributed by atoms with Gasteiger partial charge in [-0.2, -0.15) is 5.10 Å². The molecule has 9 heteroatoms. The maximum Gasteiger partial charge on any atom is 0.253 e. The van der Waals surface area contributed by atoms with Crippen molar-refractivity contribution in [2.45, 2.75) is 23.9 Å². The van der Waals surface area contributed by atoms with E-state index in [9.17, 15) is 4.79 Å². The number of methoxy groups -OCH3 is 1. The van der Waals surface area contributed by atoms with Crippen LogP contribution < -0.4 is 15.5 Å². The van der Waals surface area contributed by atoms with Crippen molar-refractivity contribution in [1.29, 1.82) is 0 Å². The molecule has 1 heterocycles. The number of carbonyl (C=O) groups excluding carboxylic acids is 1. The molecule has 0 aliphatic rings. The molecule has 0 bridgehead atoms. The fraction of sp³-hybridized carbons (Fsp3) is 0.133. The zero-order valence-corrected chi connectivity index (χ0v) is 22.4. The maximum atomic E-state index is 12.8. The van der Waals surface area contributed by atoms with Gasteiger partial charge in [-0.15, -0.1) is 10.2 Å². The molecule has 0 unspecified atom stereocenters. The van der Waals surface area contributed by atoms with Gasteiger partial charge in [-0.1, -0.05) is 78.5 Å². The second kappa shape index (κ2) is 12.3. The summed E-state index contributed by atoms with van der Waals surface area (Å²) in [5.41, 5.74) is 5.32. The lowest BCUT2D eigenvalue weighted by atomic mass is 10.1. The molecule has 0 saturated carbocycles. The van der Waals surface area contributed by atoms with Gasteiger partial charge in [-0.3, -0.25) is 9.36 Å². The quantitative estimate of drug-likeness (QED) is 0.136. The molecular formula is C30H28N6O2S. The van der Waals surface area contributed by atoms with E-state index in [1.807, 2.05) is 84.3 Å². The van der Waals surface area contributed by atoms with Gasteiger partial charge in [-0.05, 0) is 42.6 Å². The van der Waals surface area contributed by atoms with Gasteiger partial charge in [0.15, 0.2) is 11.0 Å². The molecule has 4 aromatic carbocycles. The van der Waals surface area contributed by atoms with Gasteiger partial charge in [0.1, 0.15) is 5.75 Å². The molecule has 0 aliphatic heterocycles. The number of nitrogens with zero attached hydrogens (tertiary/aromatic N) is 4. The Bertz CT molecular complexity index is 1600. The lowest BCUT2D eigenvalue weighted by molar-refractivity contribution is -0.120. The van der Waals surface area contributed by atoms with E-state index in [-0.39, 0.29) is 5.91 Å². The molecule has 8 nitrogen and oxygen atoms in total. The van der Waals surface area contributed by atoms with Crippen LogP contribution in [0.5, 0.6) is 5.75 Å². The average Bonchev–Trinajstić information content (AvgIpc) is 3.38. The minimum Gasteiger partial charge on any atom is -0.496 e. The zero-order valence-electron chi connectivity index (χ0n) is 21.6.